The largest absolute Gasteiger partial charge is 0.265 e. The van der Waals surface area contributed by atoms with Crippen molar-refractivity contribution in [3.8, 4) is 11.1 Å². The van der Waals surface area contributed by atoms with Crippen molar-refractivity contribution in [3.63, 3.8) is 0 Å². The highest BCUT2D eigenvalue weighted by Crippen LogP contribution is 2.25. The summed E-state index contributed by atoms with van der Waals surface area (Å²) in [5.41, 5.74) is 2.42. The molecule has 0 saturated heterocycles. The molecule has 1 nitrogen and oxygen atoms in total. The minimum atomic E-state index is 1.11. The van der Waals surface area contributed by atoms with Crippen molar-refractivity contribution in [2.45, 2.75) is 0 Å². The Labute approximate surface area is 108 Å². The number of halogens is 1. The van der Waals surface area contributed by atoms with Gasteiger partial charge < -0.3 is 0 Å². The van der Waals surface area contributed by atoms with Gasteiger partial charge >= 0.3 is 0 Å². The van der Waals surface area contributed by atoms with E-state index in [1.807, 2.05) is 24.5 Å². The molecule has 2 heteroatoms. The molecule has 1 heterocycles. The quantitative estimate of drug-likeness (QED) is 0.633. The monoisotopic (exact) mass is 283 g/mol. The smallest absolute Gasteiger partial charge is 0.0273 e. The molecule has 0 aliphatic heterocycles. The summed E-state index contributed by atoms with van der Waals surface area (Å²) in [5.74, 6) is 0. The zero-order chi connectivity index (χ0) is 11.7. The number of fused-ring (bicyclic) bond motifs is 1. The normalized spacial score (nSPS) is 10.6. The van der Waals surface area contributed by atoms with E-state index in [9.17, 15) is 0 Å². The van der Waals surface area contributed by atoms with Gasteiger partial charge in [-0.15, -0.1) is 0 Å². The molecule has 2 aromatic carbocycles. The van der Waals surface area contributed by atoms with Crippen LogP contribution in [0.15, 0.2) is 65.4 Å². The van der Waals surface area contributed by atoms with Gasteiger partial charge in [0.2, 0.25) is 0 Å². The van der Waals surface area contributed by atoms with Crippen molar-refractivity contribution in [1.82, 2.24) is 4.98 Å². The first-order valence-corrected chi connectivity index (χ1v) is 6.22. The summed E-state index contributed by atoms with van der Waals surface area (Å²) in [6.45, 7) is 0. The second kappa shape index (κ2) is 4.30. The van der Waals surface area contributed by atoms with E-state index in [-0.39, 0.29) is 0 Å². The van der Waals surface area contributed by atoms with Gasteiger partial charge in [0.05, 0.1) is 0 Å². The molecule has 0 bridgehead atoms. The van der Waals surface area contributed by atoms with Gasteiger partial charge in [0.25, 0.3) is 0 Å². The minimum Gasteiger partial charge on any atom is -0.265 e. The second-order valence-corrected chi connectivity index (χ2v) is 4.86. The van der Waals surface area contributed by atoms with Gasteiger partial charge in [0, 0.05) is 16.9 Å². The Hall–Kier alpha value is -1.67. The van der Waals surface area contributed by atoms with Gasteiger partial charge in [-0.25, -0.2) is 0 Å². The SMILES string of the molecule is Brc1ccc2cc(-c3ccncc3)ccc2c1. The molecule has 0 saturated carbocycles. The Balaban J connectivity index is 2.17. The van der Waals surface area contributed by atoms with E-state index in [4.69, 9.17) is 0 Å². The van der Waals surface area contributed by atoms with E-state index < -0.39 is 0 Å². The highest BCUT2D eigenvalue weighted by molar-refractivity contribution is 9.10. The third-order valence-corrected chi connectivity index (χ3v) is 3.31. The van der Waals surface area contributed by atoms with Crippen LogP contribution < -0.4 is 0 Å². The summed E-state index contributed by atoms with van der Waals surface area (Å²) in [4.78, 5) is 4.04. The summed E-state index contributed by atoms with van der Waals surface area (Å²) in [5, 5.41) is 2.50. The number of hydrogen-bond donors (Lipinski definition) is 0. The lowest BCUT2D eigenvalue weighted by atomic mass is 10.0. The van der Waals surface area contributed by atoms with Crippen molar-refractivity contribution < 1.29 is 0 Å². The van der Waals surface area contributed by atoms with Crippen LogP contribution in [-0.4, -0.2) is 4.98 Å². The maximum absolute atomic E-state index is 4.04. The van der Waals surface area contributed by atoms with E-state index in [0.29, 0.717) is 0 Å². The number of rotatable bonds is 1. The molecule has 0 N–H and O–H groups in total. The van der Waals surface area contributed by atoms with Crippen molar-refractivity contribution in [2.75, 3.05) is 0 Å². The summed E-state index contributed by atoms with van der Waals surface area (Å²) in [6.07, 6.45) is 3.64. The van der Waals surface area contributed by atoms with Crippen LogP contribution in [0.3, 0.4) is 0 Å². The third kappa shape index (κ3) is 2.08. The molecule has 0 unspecified atom stereocenters. The molecule has 1 aromatic heterocycles. The Morgan fingerprint density at radius 3 is 2.24 bits per heavy atom. The predicted octanol–water partition coefficient (Wildman–Crippen LogP) is 4.66. The summed E-state index contributed by atoms with van der Waals surface area (Å²) in [6, 6.07) is 16.9. The molecule has 0 aliphatic rings. The Morgan fingerprint density at radius 1 is 0.706 bits per heavy atom. The van der Waals surface area contributed by atoms with Gasteiger partial charge in [-0.2, -0.15) is 0 Å². The molecular weight excluding hydrogens is 274 g/mol. The average Bonchev–Trinajstić information content (AvgIpc) is 2.39. The van der Waals surface area contributed by atoms with Crippen molar-refractivity contribution >= 4 is 26.7 Å². The summed E-state index contributed by atoms with van der Waals surface area (Å²) in [7, 11) is 0. The lowest BCUT2D eigenvalue weighted by Crippen LogP contribution is -1.79. The van der Waals surface area contributed by atoms with E-state index in [2.05, 4.69) is 57.3 Å². The number of aromatic nitrogens is 1. The van der Waals surface area contributed by atoms with Gasteiger partial charge in [-0.05, 0) is 52.2 Å². The number of benzene rings is 2. The summed E-state index contributed by atoms with van der Waals surface area (Å²) >= 11 is 3.49. The zero-order valence-corrected chi connectivity index (χ0v) is 10.7. The van der Waals surface area contributed by atoms with Crippen LogP contribution in [-0.2, 0) is 0 Å². The van der Waals surface area contributed by atoms with Crippen molar-refractivity contribution in [1.29, 1.82) is 0 Å². The van der Waals surface area contributed by atoms with Gasteiger partial charge in [-0.1, -0.05) is 34.1 Å². The fourth-order valence-corrected chi connectivity index (χ4v) is 2.32. The minimum absolute atomic E-state index is 1.11. The zero-order valence-electron chi connectivity index (χ0n) is 9.10. The topological polar surface area (TPSA) is 12.9 Å². The first-order valence-electron chi connectivity index (χ1n) is 5.43. The first-order chi connectivity index (χ1) is 8.33. The van der Waals surface area contributed by atoms with E-state index in [0.717, 1.165) is 4.47 Å². The lowest BCUT2D eigenvalue weighted by Gasteiger charge is -2.04. The van der Waals surface area contributed by atoms with E-state index in [1.54, 1.807) is 0 Å². The molecule has 17 heavy (non-hydrogen) atoms. The molecular formula is C15H10BrN. The van der Waals surface area contributed by atoms with Crippen molar-refractivity contribution in [2.24, 2.45) is 0 Å². The Bertz CT molecular complexity index is 662. The highest BCUT2D eigenvalue weighted by atomic mass is 79.9. The fraction of sp³-hybridized carbons (Fsp3) is 0. The molecule has 0 atom stereocenters. The predicted molar refractivity (Wildman–Crippen MR) is 74.9 cm³/mol. The number of pyridine rings is 1. The number of nitrogens with zero attached hydrogens (tertiary/aromatic N) is 1. The molecule has 0 amide bonds. The van der Waals surface area contributed by atoms with E-state index in [1.165, 1.54) is 21.9 Å². The maximum atomic E-state index is 4.04. The molecule has 82 valence electrons. The van der Waals surface area contributed by atoms with Crippen LogP contribution in [0.2, 0.25) is 0 Å². The van der Waals surface area contributed by atoms with E-state index >= 15 is 0 Å². The Morgan fingerprint density at radius 2 is 1.41 bits per heavy atom. The third-order valence-electron chi connectivity index (χ3n) is 2.82. The standard InChI is InChI=1S/C15H10BrN/c16-15-4-3-13-9-12(1-2-14(13)10-15)11-5-7-17-8-6-11/h1-10H. The molecule has 3 rings (SSSR count). The Kier molecular flexibility index (Phi) is 2.65. The first kappa shape index (κ1) is 10.5. The van der Waals surface area contributed by atoms with Crippen LogP contribution in [0.25, 0.3) is 21.9 Å². The van der Waals surface area contributed by atoms with Gasteiger partial charge in [0.1, 0.15) is 0 Å². The molecule has 0 spiro atoms. The van der Waals surface area contributed by atoms with Crippen LogP contribution in [0.5, 0.6) is 0 Å². The second-order valence-electron chi connectivity index (χ2n) is 3.94. The van der Waals surface area contributed by atoms with Gasteiger partial charge in [0.15, 0.2) is 0 Å². The average molecular weight is 284 g/mol. The molecule has 3 aromatic rings. The van der Waals surface area contributed by atoms with Crippen molar-refractivity contribution in [3.05, 3.63) is 65.4 Å². The van der Waals surface area contributed by atoms with Gasteiger partial charge in [-0.3, -0.25) is 4.98 Å². The summed E-state index contributed by atoms with van der Waals surface area (Å²) < 4.78 is 1.11. The molecule has 0 radical (unpaired) electrons. The highest BCUT2D eigenvalue weighted by Gasteiger charge is 1.99. The number of hydrogen-bond acceptors (Lipinski definition) is 1. The van der Waals surface area contributed by atoms with Crippen LogP contribution in [0.4, 0.5) is 0 Å². The van der Waals surface area contributed by atoms with Crippen LogP contribution in [0.1, 0.15) is 0 Å². The molecule has 0 aliphatic carbocycles. The maximum Gasteiger partial charge on any atom is 0.0273 e. The van der Waals surface area contributed by atoms with Crippen LogP contribution in [0, 0.1) is 0 Å². The van der Waals surface area contributed by atoms with Crippen LogP contribution >= 0.6 is 15.9 Å². The molecule has 0 fully saturated rings. The fourth-order valence-electron chi connectivity index (χ4n) is 1.94. The lowest BCUT2D eigenvalue weighted by molar-refractivity contribution is 1.33.